The lowest BCUT2D eigenvalue weighted by Gasteiger charge is -2.43. The van der Waals surface area contributed by atoms with Gasteiger partial charge in [0.05, 0.1) is 23.9 Å². The maximum absolute atomic E-state index is 11.2. The van der Waals surface area contributed by atoms with Gasteiger partial charge in [0.1, 0.15) is 5.41 Å². The van der Waals surface area contributed by atoms with Crippen molar-refractivity contribution in [3.8, 4) is 6.07 Å². The van der Waals surface area contributed by atoms with Gasteiger partial charge in [-0.3, -0.25) is 0 Å². The summed E-state index contributed by atoms with van der Waals surface area (Å²) in [6.45, 7) is 5.12. The lowest BCUT2D eigenvalue weighted by Crippen LogP contribution is -2.53. The van der Waals surface area contributed by atoms with E-state index in [4.69, 9.17) is 4.74 Å². The number of rotatable bonds is 2. The minimum absolute atomic E-state index is 0.0410. The predicted molar refractivity (Wildman–Crippen MR) is 71.5 cm³/mol. The normalized spacial score (nSPS) is 47.0. The van der Waals surface area contributed by atoms with E-state index in [-0.39, 0.29) is 12.2 Å². The molecule has 3 aliphatic rings. The van der Waals surface area contributed by atoms with Crippen molar-refractivity contribution in [2.45, 2.75) is 63.3 Å². The Balaban J connectivity index is 1.85. The monoisotopic (exact) mass is 264 g/mol. The highest BCUT2D eigenvalue weighted by molar-refractivity contribution is 5.21. The standard InChI is InChI=1S/C15H24N2O2/c1-2-17-8-3-6-15(18,7-9-17)14(11-16)10-12-4-5-13(14)19-12/h12-13,18H,2-10H2,1H3. The van der Waals surface area contributed by atoms with E-state index in [0.29, 0.717) is 6.42 Å². The summed E-state index contributed by atoms with van der Waals surface area (Å²) in [4.78, 5) is 2.37. The molecular formula is C15H24N2O2. The number of likely N-dealkylation sites (tertiary alicyclic amines) is 1. The van der Waals surface area contributed by atoms with Gasteiger partial charge in [-0.15, -0.1) is 0 Å². The third-order valence-electron chi connectivity index (χ3n) is 5.59. The van der Waals surface area contributed by atoms with Gasteiger partial charge in [-0.25, -0.2) is 0 Å². The van der Waals surface area contributed by atoms with Crippen LogP contribution in [-0.2, 0) is 4.74 Å². The number of aliphatic hydroxyl groups is 1. The quantitative estimate of drug-likeness (QED) is 0.824. The fourth-order valence-electron chi connectivity index (χ4n) is 4.36. The fourth-order valence-corrected chi connectivity index (χ4v) is 4.36. The molecule has 4 heteroatoms. The summed E-state index contributed by atoms with van der Waals surface area (Å²) in [7, 11) is 0. The molecule has 4 unspecified atom stereocenters. The molecule has 3 saturated heterocycles. The van der Waals surface area contributed by atoms with Crippen LogP contribution < -0.4 is 0 Å². The maximum Gasteiger partial charge on any atom is 0.114 e. The Hall–Kier alpha value is -0.630. The van der Waals surface area contributed by atoms with E-state index in [0.717, 1.165) is 51.7 Å². The molecule has 0 aromatic heterocycles. The molecule has 3 heterocycles. The van der Waals surface area contributed by atoms with Crippen LogP contribution in [0.1, 0.15) is 45.4 Å². The van der Waals surface area contributed by atoms with Crippen molar-refractivity contribution < 1.29 is 9.84 Å². The van der Waals surface area contributed by atoms with Crippen LogP contribution in [0.4, 0.5) is 0 Å². The number of hydrogen-bond donors (Lipinski definition) is 1. The lowest BCUT2D eigenvalue weighted by molar-refractivity contribution is -0.0937. The van der Waals surface area contributed by atoms with Gasteiger partial charge in [0, 0.05) is 6.54 Å². The molecule has 3 fully saturated rings. The summed E-state index contributed by atoms with van der Waals surface area (Å²) in [6, 6.07) is 2.49. The molecule has 0 radical (unpaired) electrons. The molecule has 0 saturated carbocycles. The van der Waals surface area contributed by atoms with Gasteiger partial charge < -0.3 is 14.7 Å². The molecule has 0 aliphatic carbocycles. The van der Waals surface area contributed by atoms with Crippen molar-refractivity contribution in [3.05, 3.63) is 0 Å². The van der Waals surface area contributed by atoms with Crippen LogP contribution in [0.5, 0.6) is 0 Å². The Labute approximate surface area is 115 Å². The Morgan fingerprint density at radius 2 is 2.21 bits per heavy atom. The van der Waals surface area contributed by atoms with E-state index in [1.54, 1.807) is 0 Å². The van der Waals surface area contributed by atoms with Gasteiger partial charge in [0.25, 0.3) is 0 Å². The van der Waals surface area contributed by atoms with Gasteiger partial charge in [-0.05, 0) is 51.6 Å². The van der Waals surface area contributed by atoms with Crippen molar-refractivity contribution in [2.24, 2.45) is 5.41 Å². The lowest BCUT2D eigenvalue weighted by atomic mass is 9.61. The second-order valence-electron chi connectivity index (χ2n) is 6.43. The van der Waals surface area contributed by atoms with Crippen molar-refractivity contribution in [3.63, 3.8) is 0 Å². The van der Waals surface area contributed by atoms with Gasteiger partial charge in [-0.2, -0.15) is 5.26 Å². The molecule has 2 bridgehead atoms. The first-order valence-corrected chi connectivity index (χ1v) is 7.65. The number of ether oxygens (including phenoxy) is 1. The molecule has 0 amide bonds. The molecule has 3 aliphatic heterocycles. The first-order chi connectivity index (χ1) is 9.13. The first kappa shape index (κ1) is 13.4. The van der Waals surface area contributed by atoms with Crippen LogP contribution in [0.25, 0.3) is 0 Å². The van der Waals surface area contributed by atoms with Crippen LogP contribution in [0.15, 0.2) is 0 Å². The van der Waals surface area contributed by atoms with Crippen molar-refractivity contribution in [2.75, 3.05) is 19.6 Å². The van der Waals surface area contributed by atoms with Gasteiger partial charge in [0.2, 0.25) is 0 Å². The summed E-state index contributed by atoms with van der Waals surface area (Å²) < 4.78 is 5.90. The number of nitriles is 1. The molecule has 19 heavy (non-hydrogen) atoms. The highest BCUT2D eigenvalue weighted by Crippen LogP contribution is 2.55. The summed E-state index contributed by atoms with van der Waals surface area (Å²) >= 11 is 0. The summed E-state index contributed by atoms with van der Waals surface area (Å²) in [5, 5.41) is 21.0. The highest BCUT2D eigenvalue weighted by atomic mass is 16.5. The summed E-state index contributed by atoms with van der Waals surface area (Å²) in [5.41, 5.74) is -1.51. The average molecular weight is 264 g/mol. The Kier molecular flexibility index (Phi) is 3.33. The Morgan fingerprint density at radius 1 is 1.37 bits per heavy atom. The van der Waals surface area contributed by atoms with Crippen molar-refractivity contribution in [1.29, 1.82) is 5.26 Å². The van der Waals surface area contributed by atoms with E-state index >= 15 is 0 Å². The SMILES string of the molecule is CCN1CCCC(O)(C2(C#N)CC3CCC2O3)CC1. The Morgan fingerprint density at radius 3 is 2.79 bits per heavy atom. The highest BCUT2D eigenvalue weighted by Gasteiger charge is 2.63. The van der Waals surface area contributed by atoms with Gasteiger partial charge in [-0.1, -0.05) is 6.92 Å². The van der Waals surface area contributed by atoms with Crippen LogP contribution >= 0.6 is 0 Å². The first-order valence-electron chi connectivity index (χ1n) is 7.65. The molecule has 0 aromatic rings. The molecule has 0 aromatic carbocycles. The zero-order chi connectivity index (χ0) is 13.5. The molecule has 4 atom stereocenters. The van der Waals surface area contributed by atoms with E-state index in [2.05, 4.69) is 17.9 Å². The number of hydrogen-bond acceptors (Lipinski definition) is 4. The maximum atomic E-state index is 11.2. The van der Waals surface area contributed by atoms with E-state index < -0.39 is 11.0 Å². The van der Waals surface area contributed by atoms with Crippen LogP contribution in [-0.4, -0.2) is 47.4 Å². The summed E-state index contributed by atoms with van der Waals surface area (Å²) in [6.07, 6.45) is 5.33. The second kappa shape index (κ2) is 4.73. The van der Waals surface area contributed by atoms with Crippen LogP contribution in [0, 0.1) is 16.7 Å². The predicted octanol–water partition coefficient (Wildman–Crippen LogP) is 1.68. The summed E-state index contributed by atoms with van der Waals surface area (Å²) in [5.74, 6) is 0. The van der Waals surface area contributed by atoms with Crippen LogP contribution in [0.3, 0.4) is 0 Å². The molecule has 4 nitrogen and oxygen atoms in total. The third-order valence-corrected chi connectivity index (χ3v) is 5.59. The minimum atomic E-state index is -0.856. The minimum Gasteiger partial charge on any atom is -0.388 e. The molecular weight excluding hydrogens is 240 g/mol. The largest absolute Gasteiger partial charge is 0.388 e. The van der Waals surface area contributed by atoms with Crippen LogP contribution in [0.2, 0.25) is 0 Å². The number of nitrogens with zero attached hydrogens (tertiary/aromatic N) is 2. The van der Waals surface area contributed by atoms with Crippen molar-refractivity contribution in [1.82, 2.24) is 4.90 Å². The topological polar surface area (TPSA) is 56.5 Å². The van der Waals surface area contributed by atoms with E-state index in [1.165, 1.54) is 0 Å². The zero-order valence-electron chi connectivity index (χ0n) is 11.8. The fraction of sp³-hybridized carbons (Fsp3) is 0.933. The molecule has 0 spiro atoms. The zero-order valence-corrected chi connectivity index (χ0v) is 11.8. The molecule has 3 rings (SSSR count). The Bertz CT molecular complexity index is 394. The molecule has 106 valence electrons. The van der Waals surface area contributed by atoms with Gasteiger partial charge in [0.15, 0.2) is 0 Å². The van der Waals surface area contributed by atoms with Crippen molar-refractivity contribution >= 4 is 0 Å². The van der Waals surface area contributed by atoms with Gasteiger partial charge >= 0.3 is 0 Å². The second-order valence-corrected chi connectivity index (χ2v) is 6.43. The average Bonchev–Trinajstić information content (AvgIpc) is 2.97. The van der Waals surface area contributed by atoms with E-state index in [9.17, 15) is 10.4 Å². The number of fused-ring (bicyclic) bond motifs is 2. The smallest absolute Gasteiger partial charge is 0.114 e. The van der Waals surface area contributed by atoms with E-state index in [1.807, 2.05) is 0 Å². The third kappa shape index (κ3) is 1.91. The molecule has 1 N–H and O–H groups in total.